The second-order valence-corrected chi connectivity index (χ2v) is 12.1. The number of ether oxygens (including phenoxy) is 1. The van der Waals surface area contributed by atoms with Gasteiger partial charge >= 0.3 is 13.6 Å². The Morgan fingerprint density at radius 1 is 0.978 bits per heavy atom. The van der Waals surface area contributed by atoms with Crippen molar-refractivity contribution in [3.63, 3.8) is 0 Å². The van der Waals surface area contributed by atoms with Crippen LogP contribution in [0.15, 0.2) is 84.9 Å². The summed E-state index contributed by atoms with van der Waals surface area (Å²) in [5, 5.41) is 13.6. The molecule has 3 aromatic carbocycles. The van der Waals surface area contributed by atoms with Crippen LogP contribution < -0.4 is 20.7 Å². The molecule has 0 fully saturated rings. The van der Waals surface area contributed by atoms with Crippen molar-refractivity contribution in [3.05, 3.63) is 96.1 Å². The van der Waals surface area contributed by atoms with Gasteiger partial charge in [-0.05, 0) is 40.8 Å². The monoisotopic (exact) mass is 635 g/mol. The molecule has 1 aliphatic heterocycles. The molecule has 0 spiro atoms. The zero-order valence-corrected chi connectivity index (χ0v) is 25.4. The van der Waals surface area contributed by atoms with E-state index in [0.717, 1.165) is 22.8 Å². The van der Waals surface area contributed by atoms with Gasteiger partial charge in [0, 0.05) is 26.4 Å². The number of hydrogen-bond acceptors (Lipinski definition) is 6. The summed E-state index contributed by atoms with van der Waals surface area (Å²) in [4.78, 5) is 71.0. The topological polar surface area (TPSA) is 183 Å². The molecule has 0 unspecified atom stereocenters. The fourth-order valence-electron chi connectivity index (χ4n) is 4.90. The zero-order chi connectivity index (χ0) is 32.6. The Morgan fingerprint density at radius 3 is 2.29 bits per heavy atom. The lowest BCUT2D eigenvalue weighted by molar-refractivity contribution is -0.139. The Labute approximate surface area is 259 Å². The molecule has 5 N–H and O–H groups in total. The van der Waals surface area contributed by atoms with Gasteiger partial charge in [-0.15, -0.1) is 0 Å². The van der Waals surface area contributed by atoms with E-state index in [4.69, 9.17) is 9.84 Å². The highest BCUT2D eigenvalue weighted by Crippen LogP contribution is 2.38. The molecular weight excluding hydrogens is 601 g/mol. The molecule has 2 atom stereocenters. The molecule has 3 aromatic rings. The molecular formula is C32H34N3O9P. The molecule has 12 nitrogen and oxygen atoms in total. The second kappa shape index (κ2) is 14.8. The third kappa shape index (κ3) is 9.36. The summed E-state index contributed by atoms with van der Waals surface area (Å²) < 4.78 is 17.1. The molecule has 45 heavy (non-hydrogen) atoms. The van der Waals surface area contributed by atoms with Crippen LogP contribution in [-0.2, 0) is 36.7 Å². The van der Waals surface area contributed by atoms with Gasteiger partial charge in [-0.1, -0.05) is 72.8 Å². The van der Waals surface area contributed by atoms with Crippen molar-refractivity contribution in [1.82, 2.24) is 15.5 Å². The van der Waals surface area contributed by atoms with E-state index in [-0.39, 0.29) is 30.1 Å². The van der Waals surface area contributed by atoms with Gasteiger partial charge < -0.3 is 35.2 Å². The van der Waals surface area contributed by atoms with Crippen LogP contribution in [0.3, 0.4) is 0 Å². The molecule has 0 aromatic heterocycles. The van der Waals surface area contributed by atoms with E-state index in [0.29, 0.717) is 13.1 Å². The maximum Gasteiger partial charge on any atom is 0.359 e. The number of benzene rings is 3. The van der Waals surface area contributed by atoms with E-state index in [2.05, 4.69) is 10.6 Å². The van der Waals surface area contributed by atoms with Crippen LogP contribution in [0, 0.1) is 0 Å². The number of carbonyl (C=O) groups is 4. The van der Waals surface area contributed by atoms with E-state index in [1.54, 1.807) is 11.0 Å². The molecule has 1 heterocycles. The molecule has 0 aliphatic carbocycles. The number of nitrogens with one attached hydrogen (secondary N) is 2. The van der Waals surface area contributed by atoms with Gasteiger partial charge in [-0.3, -0.25) is 18.9 Å². The minimum atomic E-state index is -4.90. The molecule has 0 saturated heterocycles. The van der Waals surface area contributed by atoms with Crippen LogP contribution in [0.5, 0.6) is 5.75 Å². The van der Waals surface area contributed by atoms with E-state index < -0.39 is 49.4 Å². The Kier molecular flexibility index (Phi) is 10.9. The Bertz CT molecular complexity index is 1620. The van der Waals surface area contributed by atoms with Crippen molar-refractivity contribution in [2.45, 2.75) is 38.4 Å². The minimum Gasteiger partial charge on any atom is -0.481 e. The standard InChI is InChI=1S/C32H34N3O9P/c1-21(36)33-27(17-23-12-15-28(44-20-30(37)38)29(18-23)45(41,42)43)31(39)34-26-9-5-6-16-35(32(26)40)19-22-10-13-25(14-11-22)24-7-3-2-4-8-24/h2-8,10-15,18,26-27H,9,16-17,19-20H2,1H3,(H,33,36)(H,34,39)(H,37,38)(H2,41,42,43)/t26-,27-/m0/s1. The van der Waals surface area contributed by atoms with Crippen molar-refractivity contribution in [2.24, 2.45) is 0 Å². The molecule has 0 saturated carbocycles. The number of nitrogens with zero attached hydrogens (tertiary/aromatic N) is 1. The average Bonchev–Trinajstić information content (AvgIpc) is 3.16. The molecule has 3 amide bonds. The highest BCUT2D eigenvalue weighted by atomic mass is 31.2. The lowest BCUT2D eigenvalue weighted by Gasteiger charge is -2.27. The molecule has 236 valence electrons. The van der Waals surface area contributed by atoms with E-state index in [9.17, 15) is 33.5 Å². The molecule has 13 heteroatoms. The lowest BCUT2D eigenvalue weighted by atomic mass is 10.0. The summed E-state index contributed by atoms with van der Waals surface area (Å²) in [6.07, 6.45) is 3.72. The number of hydrogen-bond donors (Lipinski definition) is 5. The van der Waals surface area contributed by atoms with E-state index >= 15 is 0 Å². The number of carbonyl (C=O) groups excluding carboxylic acids is 3. The summed E-state index contributed by atoms with van der Waals surface area (Å²) in [6, 6.07) is 19.4. The number of carboxylic acid groups (broad SMARTS) is 1. The fourth-order valence-corrected chi connectivity index (χ4v) is 5.66. The first kappa shape index (κ1) is 33.1. The Morgan fingerprint density at radius 2 is 1.64 bits per heavy atom. The summed E-state index contributed by atoms with van der Waals surface area (Å²) in [5.41, 5.74) is 3.30. The van der Waals surface area contributed by atoms with Crippen LogP contribution in [0.1, 0.15) is 24.5 Å². The smallest absolute Gasteiger partial charge is 0.359 e. The summed E-state index contributed by atoms with van der Waals surface area (Å²) in [7, 11) is -4.90. The van der Waals surface area contributed by atoms with Gasteiger partial charge in [0.15, 0.2) is 6.61 Å². The highest BCUT2D eigenvalue weighted by Gasteiger charge is 2.31. The third-order valence-corrected chi connectivity index (χ3v) is 8.02. The Balaban J connectivity index is 1.47. The van der Waals surface area contributed by atoms with Gasteiger partial charge in [0.2, 0.25) is 17.7 Å². The second-order valence-electron chi connectivity index (χ2n) is 10.5. The summed E-state index contributed by atoms with van der Waals surface area (Å²) in [6.45, 7) is 1.07. The number of aliphatic carboxylic acids is 1. The van der Waals surface area contributed by atoms with Gasteiger partial charge in [0.05, 0.1) is 0 Å². The average molecular weight is 636 g/mol. The van der Waals surface area contributed by atoms with Gasteiger partial charge in [-0.2, -0.15) is 0 Å². The lowest BCUT2D eigenvalue weighted by Crippen LogP contribution is -2.54. The van der Waals surface area contributed by atoms with Crippen molar-refractivity contribution in [1.29, 1.82) is 0 Å². The Hall–Kier alpha value is -4.77. The normalized spacial score (nSPS) is 15.6. The van der Waals surface area contributed by atoms with Crippen molar-refractivity contribution >= 4 is 36.6 Å². The number of carboxylic acids is 1. The molecule has 1 aliphatic rings. The first-order chi connectivity index (χ1) is 21.4. The maximum absolute atomic E-state index is 13.5. The molecule has 0 bridgehead atoms. The third-order valence-electron chi connectivity index (χ3n) is 7.05. The number of amides is 3. The van der Waals surface area contributed by atoms with Crippen LogP contribution in [0.25, 0.3) is 11.1 Å². The van der Waals surface area contributed by atoms with Gasteiger partial charge in [0.25, 0.3) is 0 Å². The summed E-state index contributed by atoms with van der Waals surface area (Å²) in [5.74, 6) is -3.14. The van der Waals surface area contributed by atoms with Crippen molar-refractivity contribution < 1.29 is 43.4 Å². The van der Waals surface area contributed by atoms with E-state index in [1.807, 2.05) is 60.7 Å². The van der Waals surface area contributed by atoms with E-state index in [1.165, 1.54) is 19.1 Å². The van der Waals surface area contributed by atoms with Gasteiger partial charge in [0.1, 0.15) is 23.1 Å². The highest BCUT2D eigenvalue weighted by molar-refractivity contribution is 7.60. The van der Waals surface area contributed by atoms with Crippen LogP contribution >= 0.6 is 7.60 Å². The number of rotatable bonds is 12. The minimum absolute atomic E-state index is 0.175. The zero-order valence-electron chi connectivity index (χ0n) is 24.5. The maximum atomic E-state index is 13.5. The first-order valence-corrected chi connectivity index (χ1v) is 15.7. The predicted octanol–water partition coefficient (Wildman–Crippen LogP) is 2.14. The predicted molar refractivity (Wildman–Crippen MR) is 166 cm³/mol. The quantitative estimate of drug-likeness (QED) is 0.147. The SMILES string of the molecule is CC(=O)N[C@@H](Cc1ccc(OCC(=O)O)c(P(=O)(O)O)c1)C(=O)N[C@H]1CC=CCN(Cc2ccc(-c3ccccc3)cc2)C1=O. The van der Waals surface area contributed by atoms with Crippen LogP contribution in [0.4, 0.5) is 0 Å². The largest absolute Gasteiger partial charge is 0.481 e. The van der Waals surface area contributed by atoms with Gasteiger partial charge in [-0.25, -0.2) is 4.79 Å². The van der Waals surface area contributed by atoms with Crippen molar-refractivity contribution in [2.75, 3.05) is 13.2 Å². The van der Waals surface area contributed by atoms with Crippen LogP contribution in [0.2, 0.25) is 0 Å². The fraction of sp³-hybridized carbons (Fsp3) is 0.250. The van der Waals surface area contributed by atoms with Crippen LogP contribution in [-0.4, -0.2) is 68.7 Å². The molecule has 4 rings (SSSR count). The van der Waals surface area contributed by atoms with Crippen molar-refractivity contribution in [3.8, 4) is 16.9 Å². The molecule has 0 radical (unpaired) electrons. The summed E-state index contributed by atoms with van der Waals surface area (Å²) >= 11 is 0. The first-order valence-electron chi connectivity index (χ1n) is 14.1.